The van der Waals surface area contributed by atoms with Gasteiger partial charge in [-0.2, -0.15) is 5.10 Å². The summed E-state index contributed by atoms with van der Waals surface area (Å²) < 4.78 is 9.01. The predicted octanol–water partition coefficient (Wildman–Crippen LogP) is 1.88. The fourth-order valence-corrected chi connectivity index (χ4v) is 1.88. The van der Waals surface area contributed by atoms with Crippen LogP contribution in [-0.4, -0.2) is 33.0 Å². The van der Waals surface area contributed by atoms with E-state index >= 15 is 0 Å². The fourth-order valence-electron chi connectivity index (χ4n) is 1.88. The predicted molar refractivity (Wildman–Crippen MR) is 70.0 cm³/mol. The maximum Gasteiger partial charge on any atom is 0.207 e. The molecule has 2 heterocycles. The second-order valence-electron chi connectivity index (χ2n) is 4.45. The van der Waals surface area contributed by atoms with Crippen molar-refractivity contribution in [2.45, 2.75) is 19.9 Å². The molecule has 18 heavy (non-hydrogen) atoms. The highest BCUT2D eigenvalue weighted by Gasteiger charge is 2.12. The maximum atomic E-state index is 5.18. The second-order valence-corrected chi connectivity index (χ2v) is 4.45. The highest BCUT2D eigenvalue weighted by Crippen LogP contribution is 2.20. The normalized spacial score (nSPS) is 12.7. The first-order chi connectivity index (χ1) is 8.60. The van der Waals surface area contributed by atoms with Crippen molar-refractivity contribution in [2.24, 2.45) is 7.05 Å². The van der Waals surface area contributed by atoms with Crippen LogP contribution in [0.1, 0.15) is 18.7 Å². The highest BCUT2D eigenvalue weighted by atomic mass is 16.5. The van der Waals surface area contributed by atoms with E-state index in [-0.39, 0.29) is 6.04 Å². The minimum absolute atomic E-state index is 0.232. The third-order valence-corrected chi connectivity index (χ3v) is 2.70. The molecule has 1 unspecified atom stereocenters. The Kier molecular flexibility index (Phi) is 3.66. The number of anilines is 2. The summed E-state index contributed by atoms with van der Waals surface area (Å²) in [6, 6.07) is 0.232. The van der Waals surface area contributed by atoms with Gasteiger partial charge in [-0.05, 0) is 13.8 Å². The molecule has 0 saturated carbocycles. The summed E-state index contributed by atoms with van der Waals surface area (Å²) in [5.74, 6) is 0.810. The zero-order chi connectivity index (χ0) is 13.1. The van der Waals surface area contributed by atoms with Gasteiger partial charge >= 0.3 is 0 Å². The molecule has 6 heteroatoms. The minimum atomic E-state index is 0.232. The molecule has 0 aliphatic rings. The van der Waals surface area contributed by atoms with Gasteiger partial charge in [0.2, 0.25) is 5.95 Å². The minimum Gasteiger partial charge on any atom is -0.383 e. The average Bonchev–Trinajstić information content (AvgIpc) is 2.86. The van der Waals surface area contributed by atoms with Crippen LogP contribution in [0.15, 0.2) is 18.6 Å². The molecular weight excluding hydrogens is 230 g/mol. The number of hydrogen-bond acceptors (Lipinski definition) is 4. The molecule has 6 nitrogen and oxygen atoms in total. The Balaban J connectivity index is 2.21. The Morgan fingerprint density at radius 2 is 2.22 bits per heavy atom. The zero-order valence-electron chi connectivity index (χ0n) is 11.2. The Morgan fingerprint density at radius 1 is 1.44 bits per heavy atom. The summed E-state index contributed by atoms with van der Waals surface area (Å²) in [6.07, 6.45) is 5.70. The molecule has 0 radical (unpaired) electrons. The molecule has 1 N–H and O–H groups in total. The van der Waals surface area contributed by atoms with Crippen molar-refractivity contribution in [1.82, 2.24) is 19.3 Å². The third-order valence-electron chi connectivity index (χ3n) is 2.70. The van der Waals surface area contributed by atoms with Crippen LogP contribution in [0.3, 0.4) is 0 Å². The number of rotatable bonds is 5. The van der Waals surface area contributed by atoms with E-state index in [4.69, 9.17) is 4.74 Å². The maximum absolute atomic E-state index is 5.18. The lowest BCUT2D eigenvalue weighted by Crippen LogP contribution is -2.12. The lowest BCUT2D eigenvalue weighted by atomic mass is 10.3. The van der Waals surface area contributed by atoms with E-state index in [9.17, 15) is 0 Å². The molecule has 98 valence electrons. The number of hydrogen-bond donors (Lipinski definition) is 1. The van der Waals surface area contributed by atoms with E-state index in [0.29, 0.717) is 6.61 Å². The summed E-state index contributed by atoms with van der Waals surface area (Å²) in [7, 11) is 3.59. The van der Waals surface area contributed by atoms with Crippen molar-refractivity contribution in [1.29, 1.82) is 0 Å². The number of nitrogens with one attached hydrogen (secondary N) is 1. The van der Waals surface area contributed by atoms with Gasteiger partial charge in [-0.25, -0.2) is 4.98 Å². The smallest absolute Gasteiger partial charge is 0.207 e. The monoisotopic (exact) mass is 249 g/mol. The number of methoxy groups -OCH3 is 1. The van der Waals surface area contributed by atoms with Crippen LogP contribution >= 0.6 is 0 Å². The fraction of sp³-hybridized carbons (Fsp3) is 0.500. The third kappa shape index (κ3) is 2.70. The van der Waals surface area contributed by atoms with E-state index in [0.717, 1.165) is 17.3 Å². The summed E-state index contributed by atoms with van der Waals surface area (Å²) in [4.78, 5) is 4.48. The largest absolute Gasteiger partial charge is 0.383 e. The van der Waals surface area contributed by atoms with Crippen LogP contribution < -0.4 is 5.32 Å². The van der Waals surface area contributed by atoms with Crippen molar-refractivity contribution >= 4 is 11.6 Å². The Bertz CT molecular complexity index is 516. The van der Waals surface area contributed by atoms with Gasteiger partial charge in [0.1, 0.15) is 0 Å². The van der Waals surface area contributed by atoms with Crippen LogP contribution in [0.25, 0.3) is 0 Å². The Morgan fingerprint density at radius 3 is 2.83 bits per heavy atom. The molecule has 0 aromatic carbocycles. The molecule has 2 rings (SSSR count). The topological polar surface area (TPSA) is 56.9 Å². The number of nitrogens with zero attached hydrogens (tertiary/aromatic N) is 4. The molecule has 2 aromatic heterocycles. The molecule has 0 aliphatic heterocycles. The molecule has 2 aromatic rings. The number of ether oxygens (including phenoxy) is 1. The molecule has 0 amide bonds. The van der Waals surface area contributed by atoms with Gasteiger partial charge in [0.15, 0.2) is 0 Å². The average molecular weight is 249 g/mol. The number of aryl methyl sites for hydroxylation is 2. The van der Waals surface area contributed by atoms with Crippen LogP contribution in [0, 0.1) is 6.92 Å². The standard InChI is InChI=1S/C12H19N5O/c1-9-6-17(10(2)8-18-4)12(14-9)15-11-5-13-16(3)7-11/h5-7,10H,8H2,1-4H3,(H,14,15). The number of imidazole rings is 1. The first-order valence-corrected chi connectivity index (χ1v) is 5.90. The van der Waals surface area contributed by atoms with Gasteiger partial charge in [0.05, 0.1) is 30.2 Å². The Labute approximate surface area is 107 Å². The van der Waals surface area contributed by atoms with Crippen molar-refractivity contribution in [3.05, 3.63) is 24.3 Å². The van der Waals surface area contributed by atoms with E-state index in [1.54, 1.807) is 18.0 Å². The zero-order valence-corrected chi connectivity index (χ0v) is 11.2. The quantitative estimate of drug-likeness (QED) is 0.879. The molecule has 0 bridgehead atoms. The van der Waals surface area contributed by atoms with Crippen molar-refractivity contribution < 1.29 is 4.74 Å². The van der Waals surface area contributed by atoms with Gasteiger partial charge in [-0.15, -0.1) is 0 Å². The van der Waals surface area contributed by atoms with Gasteiger partial charge in [0, 0.05) is 26.6 Å². The first-order valence-electron chi connectivity index (χ1n) is 5.90. The van der Waals surface area contributed by atoms with Gasteiger partial charge < -0.3 is 14.6 Å². The molecule has 0 saturated heterocycles. The lowest BCUT2D eigenvalue weighted by molar-refractivity contribution is 0.163. The summed E-state index contributed by atoms with van der Waals surface area (Å²) in [6.45, 7) is 4.72. The highest BCUT2D eigenvalue weighted by molar-refractivity contribution is 5.51. The molecule has 1 atom stereocenters. The van der Waals surface area contributed by atoms with E-state index in [2.05, 4.69) is 26.9 Å². The SMILES string of the molecule is COCC(C)n1cc(C)nc1Nc1cnn(C)c1. The number of aromatic nitrogens is 4. The van der Waals surface area contributed by atoms with Crippen molar-refractivity contribution in [3.8, 4) is 0 Å². The van der Waals surface area contributed by atoms with E-state index < -0.39 is 0 Å². The summed E-state index contributed by atoms with van der Waals surface area (Å²) in [5.41, 5.74) is 1.90. The van der Waals surface area contributed by atoms with Gasteiger partial charge in [0.25, 0.3) is 0 Å². The first kappa shape index (κ1) is 12.6. The van der Waals surface area contributed by atoms with Crippen molar-refractivity contribution in [3.63, 3.8) is 0 Å². The molecular formula is C12H19N5O. The van der Waals surface area contributed by atoms with Crippen molar-refractivity contribution in [2.75, 3.05) is 19.0 Å². The molecule has 0 fully saturated rings. The second kappa shape index (κ2) is 5.22. The molecule has 0 aliphatic carbocycles. The van der Waals surface area contributed by atoms with Crippen LogP contribution in [-0.2, 0) is 11.8 Å². The lowest BCUT2D eigenvalue weighted by Gasteiger charge is -2.15. The molecule has 0 spiro atoms. The Hall–Kier alpha value is -1.82. The summed E-state index contributed by atoms with van der Waals surface area (Å²) >= 11 is 0. The van der Waals surface area contributed by atoms with E-state index in [1.807, 2.05) is 26.4 Å². The van der Waals surface area contributed by atoms with Crippen LogP contribution in [0.4, 0.5) is 11.6 Å². The van der Waals surface area contributed by atoms with E-state index in [1.165, 1.54) is 0 Å². The van der Waals surface area contributed by atoms with Crippen LogP contribution in [0.2, 0.25) is 0 Å². The van der Waals surface area contributed by atoms with Gasteiger partial charge in [-0.1, -0.05) is 0 Å². The van der Waals surface area contributed by atoms with Gasteiger partial charge in [-0.3, -0.25) is 4.68 Å². The van der Waals surface area contributed by atoms with Crippen LogP contribution in [0.5, 0.6) is 0 Å². The summed E-state index contributed by atoms with van der Waals surface area (Å²) in [5, 5.41) is 7.39.